The van der Waals surface area contributed by atoms with Crippen LogP contribution in [0.4, 0.5) is 0 Å². The average Bonchev–Trinajstić information content (AvgIpc) is 2.44. The summed E-state index contributed by atoms with van der Waals surface area (Å²) in [7, 11) is 0. The number of unbranched alkanes of at least 4 members (excludes halogenated alkanes) is 7. The molecule has 0 rings (SSSR count). The van der Waals surface area contributed by atoms with Crippen LogP contribution in [0.15, 0.2) is 12.7 Å². The Balaban J connectivity index is 3.91. The van der Waals surface area contributed by atoms with Crippen LogP contribution in [0.2, 0.25) is 0 Å². The molecule has 0 fully saturated rings. The molecule has 0 heterocycles. The third kappa shape index (κ3) is 11.4. The van der Waals surface area contributed by atoms with Gasteiger partial charge >= 0.3 is 0 Å². The molecule has 0 saturated heterocycles. The van der Waals surface area contributed by atoms with Crippen LogP contribution >= 0.6 is 18.0 Å². The summed E-state index contributed by atoms with van der Waals surface area (Å²) in [6, 6.07) is 0. The zero-order chi connectivity index (χ0) is 16.0. The summed E-state index contributed by atoms with van der Waals surface area (Å²) in [6.07, 6.45) is 14.7. The van der Waals surface area contributed by atoms with Crippen molar-refractivity contribution >= 4 is 18.0 Å². The lowest BCUT2D eigenvalue weighted by atomic mass is 10.0. The molecule has 126 valence electrons. The fraction of sp³-hybridized carbons (Fsp3) is 0.882. The average molecular weight is 337 g/mol. The van der Waals surface area contributed by atoms with E-state index in [1.165, 1.54) is 44.9 Å². The Bertz CT molecular complexity index is 295. The molecule has 4 heteroatoms. The highest BCUT2D eigenvalue weighted by Crippen LogP contribution is 2.59. The Morgan fingerprint density at radius 3 is 2.14 bits per heavy atom. The van der Waals surface area contributed by atoms with Crippen LogP contribution in [0.1, 0.15) is 84.5 Å². The fourth-order valence-corrected chi connectivity index (χ4v) is 4.95. The SMILES string of the molecule is C=CCC[C@H](CCCCCCCCCC)[P@@](=O)(Cl)OCC. The molecule has 0 saturated carbocycles. The second kappa shape index (κ2) is 13.9. The van der Waals surface area contributed by atoms with Crippen molar-refractivity contribution in [2.45, 2.75) is 90.1 Å². The van der Waals surface area contributed by atoms with Gasteiger partial charge in [-0.1, -0.05) is 64.4 Å². The van der Waals surface area contributed by atoms with Crippen molar-refractivity contribution in [3.05, 3.63) is 12.7 Å². The van der Waals surface area contributed by atoms with Crippen molar-refractivity contribution in [3.8, 4) is 0 Å². The molecule has 0 N–H and O–H groups in total. The van der Waals surface area contributed by atoms with E-state index >= 15 is 0 Å². The Morgan fingerprint density at radius 2 is 1.62 bits per heavy atom. The third-order valence-corrected chi connectivity index (χ3v) is 6.96. The normalized spacial score (nSPS) is 15.6. The highest BCUT2D eigenvalue weighted by molar-refractivity contribution is 7.85. The van der Waals surface area contributed by atoms with E-state index in [0.717, 1.165) is 25.7 Å². The van der Waals surface area contributed by atoms with Gasteiger partial charge in [0.1, 0.15) is 0 Å². The number of hydrogen-bond donors (Lipinski definition) is 0. The van der Waals surface area contributed by atoms with E-state index in [9.17, 15) is 4.57 Å². The van der Waals surface area contributed by atoms with Crippen LogP contribution in [0.3, 0.4) is 0 Å². The van der Waals surface area contributed by atoms with Gasteiger partial charge in [0.2, 0.25) is 0 Å². The Hall–Kier alpha value is 0.220. The molecule has 2 atom stereocenters. The molecular formula is C17H34ClO2P. The van der Waals surface area contributed by atoms with Crippen molar-refractivity contribution < 1.29 is 9.09 Å². The molecule has 0 bridgehead atoms. The maximum atomic E-state index is 12.4. The molecule has 0 aromatic rings. The van der Waals surface area contributed by atoms with Crippen LogP contribution in [-0.2, 0) is 9.09 Å². The van der Waals surface area contributed by atoms with E-state index in [0.29, 0.717) is 6.61 Å². The standard InChI is InChI=1S/C17H34ClO2P/c1-4-7-9-10-11-12-13-14-16-17(15-8-5-2)21(18,19)20-6-3/h5,17H,2,4,6-16H2,1,3H3/t17-,21+/m1/s1. The summed E-state index contributed by atoms with van der Waals surface area (Å²) in [5.74, 6) is 0. The highest BCUT2D eigenvalue weighted by Gasteiger charge is 2.30. The molecule has 0 aliphatic heterocycles. The summed E-state index contributed by atoms with van der Waals surface area (Å²) in [4.78, 5) is 0. The van der Waals surface area contributed by atoms with E-state index in [4.69, 9.17) is 15.8 Å². The van der Waals surface area contributed by atoms with Crippen molar-refractivity contribution in [1.82, 2.24) is 0 Å². The van der Waals surface area contributed by atoms with Crippen LogP contribution in [-0.4, -0.2) is 12.3 Å². The lowest BCUT2D eigenvalue weighted by Crippen LogP contribution is -2.08. The van der Waals surface area contributed by atoms with Crippen LogP contribution < -0.4 is 0 Å². The zero-order valence-corrected chi connectivity index (χ0v) is 15.6. The first-order valence-electron chi connectivity index (χ1n) is 8.63. The highest BCUT2D eigenvalue weighted by atomic mass is 35.7. The minimum absolute atomic E-state index is 0.0165. The summed E-state index contributed by atoms with van der Waals surface area (Å²) >= 11 is 6.13. The molecule has 0 aliphatic rings. The Kier molecular flexibility index (Phi) is 14.0. The quantitative estimate of drug-likeness (QED) is 0.178. The topological polar surface area (TPSA) is 26.3 Å². The number of hydrogen-bond acceptors (Lipinski definition) is 2. The molecule has 0 spiro atoms. The van der Waals surface area contributed by atoms with Crippen LogP contribution in [0, 0.1) is 0 Å². The first-order valence-corrected chi connectivity index (χ1v) is 11.2. The molecule has 0 radical (unpaired) electrons. The predicted molar refractivity (Wildman–Crippen MR) is 95.5 cm³/mol. The van der Waals surface area contributed by atoms with Gasteiger partial charge in [0.15, 0.2) is 0 Å². The molecule has 0 aromatic carbocycles. The number of halogens is 1. The van der Waals surface area contributed by atoms with Crippen molar-refractivity contribution in [3.63, 3.8) is 0 Å². The molecule has 2 nitrogen and oxygen atoms in total. The molecule has 0 aliphatic carbocycles. The predicted octanol–water partition coefficient (Wildman–Crippen LogP) is 7.32. The smallest absolute Gasteiger partial charge is 0.293 e. The van der Waals surface area contributed by atoms with Gasteiger partial charge in [0.05, 0.1) is 12.3 Å². The molecule has 0 amide bonds. The molecule has 0 unspecified atom stereocenters. The second-order valence-electron chi connectivity index (χ2n) is 5.72. The molecule has 0 aromatic heterocycles. The van der Waals surface area contributed by atoms with Crippen molar-refractivity contribution in [2.75, 3.05) is 6.61 Å². The first-order chi connectivity index (χ1) is 10.1. The van der Waals surface area contributed by atoms with Gasteiger partial charge < -0.3 is 4.52 Å². The van der Waals surface area contributed by atoms with Crippen molar-refractivity contribution in [1.29, 1.82) is 0 Å². The van der Waals surface area contributed by atoms with E-state index in [2.05, 4.69) is 13.5 Å². The lowest BCUT2D eigenvalue weighted by Gasteiger charge is -2.21. The second-order valence-corrected chi connectivity index (χ2v) is 9.17. The molecule has 21 heavy (non-hydrogen) atoms. The van der Waals surface area contributed by atoms with Gasteiger partial charge in [-0.2, -0.15) is 0 Å². The summed E-state index contributed by atoms with van der Waals surface area (Å²) < 4.78 is 17.7. The number of rotatable bonds is 15. The largest absolute Gasteiger partial charge is 0.318 e. The lowest BCUT2D eigenvalue weighted by molar-refractivity contribution is 0.333. The zero-order valence-electron chi connectivity index (χ0n) is 14.0. The maximum Gasteiger partial charge on any atom is 0.293 e. The Morgan fingerprint density at radius 1 is 1.05 bits per heavy atom. The third-order valence-electron chi connectivity index (χ3n) is 3.84. The fourth-order valence-electron chi connectivity index (χ4n) is 2.56. The molecular weight excluding hydrogens is 303 g/mol. The summed E-state index contributed by atoms with van der Waals surface area (Å²) in [5, 5.41) is 0. The van der Waals surface area contributed by atoms with E-state index in [-0.39, 0.29) is 5.66 Å². The van der Waals surface area contributed by atoms with Gasteiger partial charge in [0, 0.05) is 0 Å². The van der Waals surface area contributed by atoms with Gasteiger partial charge in [0.25, 0.3) is 6.72 Å². The first kappa shape index (κ1) is 21.2. The van der Waals surface area contributed by atoms with Gasteiger partial charge in [-0.15, -0.1) is 6.58 Å². The van der Waals surface area contributed by atoms with E-state index in [1.807, 2.05) is 13.0 Å². The maximum absolute atomic E-state index is 12.4. The van der Waals surface area contributed by atoms with Gasteiger partial charge in [-0.05, 0) is 37.4 Å². The van der Waals surface area contributed by atoms with Crippen LogP contribution in [0.5, 0.6) is 0 Å². The Labute approximate surface area is 136 Å². The summed E-state index contributed by atoms with van der Waals surface area (Å²) in [6.45, 7) is 5.26. The minimum Gasteiger partial charge on any atom is -0.318 e. The van der Waals surface area contributed by atoms with Crippen molar-refractivity contribution in [2.24, 2.45) is 0 Å². The van der Waals surface area contributed by atoms with E-state index < -0.39 is 6.72 Å². The monoisotopic (exact) mass is 336 g/mol. The van der Waals surface area contributed by atoms with Gasteiger partial charge in [-0.3, -0.25) is 4.57 Å². The number of allylic oxidation sites excluding steroid dienone is 1. The summed E-state index contributed by atoms with van der Waals surface area (Å²) in [5.41, 5.74) is -0.0165. The minimum atomic E-state index is -2.98. The van der Waals surface area contributed by atoms with Crippen LogP contribution in [0.25, 0.3) is 0 Å². The van der Waals surface area contributed by atoms with E-state index in [1.54, 1.807) is 0 Å². The van der Waals surface area contributed by atoms with Gasteiger partial charge in [-0.25, -0.2) is 0 Å².